The number of piperidine rings is 1. The number of aryl methyl sites for hydroxylation is 1. The second-order valence-electron chi connectivity index (χ2n) is 7.83. The molecule has 1 aliphatic rings. The normalized spacial score (nSPS) is 17.8. The van der Waals surface area contributed by atoms with E-state index >= 15 is 0 Å². The van der Waals surface area contributed by atoms with Gasteiger partial charge in [-0.2, -0.15) is 0 Å². The smallest absolute Gasteiger partial charge is 0.254 e. The van der Waals surface area contributed by atoms with Crippen LogP contribution in [0.2, 0.25) is 5.02 Å². The van der Waals surface area contributed by atoms with Crippen LogP contribution in [0.4, 0.5) is 14.6 Å². The maximum atomic E-state index is 14.3. The van der Waals surface area contributed by atoms with Crippen LogP contribution in [0.5, 0.6) is 0 Å². The highest BCUT2D eigenvalue weighted by atomic mass is 35.5. The summed E-state index contributed by atoms with van der Waals surface area (Å²) in [6, 6.07) is 9.73. The minimum atomic E-state index is -2.84. The molecule has 1 atom stereocenters. The van der Waals surface area contributed by atoms with Crippen molar-refractivity contribution in [3.8, 4) is 11.4 Å². The van der Waals surface area contributed by atoms with Crippen LogP contribution >= 0.6 is 11.6 Å². The Morgan fingerprint density at radius 1 is 1.22 bits per heavy atom. The third-order valence-corrected chi connectivity index (χ3v) is 5.64. The molecule has 0 bridgehead atoms. The van der Waals surface area contributed by atoms with Crippen LogP contribution in [0, 0.1) is 6.92 Å². The van der Waals surface area contributed by atoms with Crippen molar-refractivity contribution in [1.29, 1.82) is 0 Å². The lowest BCUT2D eigenvalue weighted by Crippen LogP contribution is -2.52. The number of nitrogens with zero attached hydrogens (tertiary/aromatic N) is 4. The zero-order valence-electron chi connectivity index (χ0n) is 17.4. The molecule has 166 valence electrons. The predicted molar refractivity (Wildman–Crippen MR) is 119 cm³/mol. The maximum absolute atomic E-state index is 14.3. The number of pyridine rings is 1. The number of carbonyl (C=O) groups excluding carboxylic acids is 1. The monoisotopic (exact) mass is 457 g/mol. The summed E-state index contributed by atoms with van der Waals surface area (Å²) >= 11 is 5.86. The summed E-state index contributed by atoms with van der Waals surface area (Å²) in [6.45, 7) is 1.97. The number of likely N-dealkylation sites (tertiary alicyclic amines) is 1. The Morgan fingerprint density at radius 3 is 2.72 bits per heavy atom. The van der Waals surface area contributed by atoms with Gasteiger partial charge in [-0.15, -0.1) is 0 Å². The van der Waals surface area contributed by atoms with Crippen molar-refractivity contribution in [2.45, 2.75) is 31.7 Å². The van der Waals surface area contributed by atoms with Crippen molar-refractivity contribution in [2.24, 2.45) is 0 Å². The highest BCUT2D eigenvalue weighted by Crippen LogP contribution is 2.34. The number of anilines is 1. The number of rotatable bonds is 5. The van der Waals surface area contributed by atoms with E-state index < -0.39 is 18.4 Å². The van der Waals surface area contributed by atoms with Gasteiger partial charge in [0.15, 0.2) is 5.82 Å². The molecule has 1 fully saturated rings. The Kier molecular flexibility index (Phi) is 6.32. The summed E-state index contributed by atoms with van der Waals surface area (Å²) in [7, 11) is 0. The predicted octanol–water partition coefficient (Wildman–Crippen LogP) is 4.85. The molecule has 6 nitrogen and oxygen atoms in total. The molecule has 4 rings (SSSR count). The Morgan fingerprint density at radius 2 is 2.00 bits per heavy atom. The number of nitrogens with one attached hydrogen (secondary N) is 1. The number of aromatic nitrogens is 3. The van der Waals surface area contributed by atoms with E-state index in [0.717, 1.165) is 5.56 Å². The third-order valence-electron chi connectivity index (χ3n) is 5.41. The number of hydrogen-bond donors (Lipinski definition) is 1. The molecular weight excluding hydrogens is 436 g/mol. The molecule has 1 unspecified atom stereocenters. The molecule has 1 aliphatic heterocycles. The molecule has 0 aliphatic carbocycles. The van der Waals surface area contributed by atoms with Crippen LogP contribution in [-0.2, 0) is 0 Å². The van der Waals surface area contributed by atoms with Crippen molar-refractivity contribution >= 4 is 23.3 Å². The highest BCUT2D eigenvalue weighted by Gasteiger charge is 2.42. The van der Waals surface area contributed by atoms with Gasteiger partial charge < -0.3 is 10.2 Å². The summed E-state index contributed by atoms with van der Waals surface area (Å²) in [4.78, 5) is 27.8. The molecule has 32 heavy (non-hydrogen) atoms. The van der Waals surface area contributed by atoms with Crippen molar-refractivity contribution in [2.75, 3.05) is 18.4 Å². The lowest BCUT2D eigenvalue weighted by molar-refractivity contribution is -0.0674. The van der Waals surface area contributed by atoms with Crippen molar-refractivity contribution in [3.05, 3.63) is 71.1 Å². The molecular formula is C23H22ClF2N5O. The first-order valence-electron chi connectivity index (χ1n) is 10.2. The number of benzene rings is 1. The second kappa shape index (κ2) is 9.16. The Hall–Kier alpha value is -3.13. The summed E-state index contributed by atoms with van der Waals surface area (Å²) in [6.07, 6.45) is 3.87. The first kappa shape index (κ1) is 22.1. The van der Waals surface area contributed by atoms with Gasteiger partial charge in [0.25, 0.3) is 11.8 Å². The van der Waals surface area contributed by atoms with Crippen molar-refractivity contribution in [3.63, 3.8) is 0 Å². The number of amides is 1. The largest absolute Gasteiger partial charge is 0.368 e. The Bertz CT molecular complexity index is 1100. The van der Waals surface area contributed by atoms with Gasteiger partial charge in [-0.1, -0.05) is 29.3 Å². The second-order valence-corrected chi connectivity index (χ2v) is 8.26. The summed E-state index contributed by atoms with van der Waals surface area (Å²) < 4.78 is 28.5. The van der Waals surface area contributed by atoms with Gasteiger partial charge in [0.1, 0.15) is 5.82 Å². The van der Waals surface area contributed by atoms with E-state index in [9.17, 15) is 13.6 Å². The van der Waals surface area contributed by atoms with Crippen LogP contribution in [0.3, 0.4) is 0 Å². The van der Waals surface area contributed by atoms with Crippen molar-refractivity contribution < 1.29 is 13.6 Å². The fraction of sp³-hybridized carbons (Fsp3) is 0.304. The van der Waals surface area contributed by atoms with E-state index in [4.69, 9.17) is 11.6 Å². The third kappa shape index (κ3) is 5.02. The van der Waals surface area contributed by atoms with Crippen LogP contribution in [0.1, 0.15) is 28.8 Å². The summed E-state index contributed by atoms with van der Waals surface area (Å²) in [5, 5.41) is 3.53. The summed E-state index contributed by atoms with van der Waals surface area (Å²) in [5.74, 6) is -2.24. The topological polar surface area (TPSA) is 71.0 Å². The molecule has 2 aromatic heterocycles. The zero-order valence-corrected chi connectivity index (χ0v) is 18.2. The highest BCUT2D eigenvalue weighted by molar-refractivity contribution is 6.30. The maximum Gasteiger partial charge on any atom is 0.254 e. The van der Waals surface area contributed by atoms with E-state index in [1.54, 1.807) is 42.7 Å². The van der Waals surface area contributed by atoms with E-state index in [1.807, 2.05) is 13.0 Å². The summed E-state index contributed by atoms with van der Waals surface area (Å²) in [5.41, 5.74) is 1.86. The fourth-order valence-corrected chi connectivity index (χ4v) is 3.91. The minimum absolute atomic E-state index is 0.0464. The fourth-order valence-electron chi connectivity index (χ4n) is 3.80. The lowest BCUT2D eigenvalue weighted by atomic mass is 9.95. The van der Waals surface area contributed by atoms with Gasteiger partial charge in [-0.3, -0.25) is 4.79 Å². The van der Waals surface area contributed by atoms with Gasteiger partial charge in [0.05, 0.1) is 16.6 Å². The number of carbonyl (C=O) groups is 1. The van der Waals surface area contributed by atoms with Gasteiger partial charge in [0, 0.05) is 50.1 Å². The molecule has 3 aromatic rings. The average Bonchev–Trinajstić information content (AvgIpc) is 2.78. The van der Waals surface area contributed by atoms with Gasteiger partial charge in [-0.25, -0.2) is 23.7 Å². The number of alkyl halides is 2. The van der Waals surface area contributed by atoms with E-state index in [2.05, 4.69) is 20.3 Å². The molecule has 0 spiro atoms. The first-order chi connectivity index (χ1) is 15.3. The minimum Gasteiger partial charge on any atom is -0.368 e. The molecule has 1 saturated heterocycles. The SMILES string of the molecule is Cc1ccc(-c2ncccn2)c(C(=O)N2CCC(F)(F)CC2CNc2ccc(Cl)cn2)c1. The zero-order chi connectivity index (χ0) is 22.7. The number of halogens is 3. The molecule has 9 heteroatoms. The van der Waals surface area contributed by atoms with Crippen LogP contribution in [0.25, 0.3) is 11.4 Å². The molecule has 0 saturated carbocycles. The van der Waals surface area contributed by atoms with Gasteiger partial charge in [0.2, 0.25) is 0 Å². The van der Waals surface area contributed by atoms with Crippen LogP contribution in [-0.4, -0.2) is 50.8 Å². The molecule has 1 aromatic carbocycles. The number of hydrogen-bond acceptors (Lipinski definition) is 5. The van der Waals surface area contributed by atoms with E-state index in [-0.39, 0.29) is 25.4 Å². The first-order valence-corrected chi connectivity index (χ1v) is 10.6. The van der Waals surface area contributed by atoms with Crippen LogP contribution < -0.4 is 5.32 Å². The Labute approximate surface area is 189 Å². The average molecular weight is 458 g/mol. The molecule has 1 amide bonds. The van der Waals surface area contributed by atoms with Gasteiger partial charge in [-0.05, 0) is 31.2 Å². The van der Waals surface area contributed by atoms with Crippen molar-refractivity contribution in [1.82, 2.24) is 19.9 Å². The van der Waals surface area contributed by atoms with E-state index in [1.165, 1.54) is 11.1 Å². The molecule has 0 radical (unpaired) electrons. The van der Waals surface area contributed by atoms with Gasteiger partial charge >= 0.3 is 0 Å². The standard InChI is InChI=1S/C23H22ClF2N5O/c1-15-3-5-18(21-27-8-2-9-28-21)19(11-15)22(32)31-10-7-23(25,26)12-17(31)14-30-20-6-4-16(24)13-29-20/h2-6,8-9,11,13,17H,7,10,12,14H2,1H3,(H,29,30). The molecule has 3 heterocycles. The molecule has 1 N–H and O–H groups in total. The Balaban J connectivity index is 1.62. The quantitative estimate of drug-likeness (QED) is 0.593. The lowest BCUT2D eigenvalue weighted by Gasteiger charge is -2.39. The van der Waals surface area contributed by atoms with E-state index in [0.29, 0.717) is 27.8 Å². The van der Waals surface area contributed by atoms with Crippen LogP contribution in [0.15, 0.2) is 55.0 Å².